The van der Waals surface area contributed by atoms with E-state index in [0.717, 1.165) is 11.4 Å². The van der Waals surface area contributed by atoms with Crippen molar-refractivity contribution in [2.75, 3.05) is 6.54 Å². The van der Waals surface area contributed by atoms with E-state index in [4.69, 9.17) is 0 Å². The zero-order valence-corrected chi connectivity index (χ0v) is 14.5. The van der Waals surface area contributed by atoms with E-state index in [9.17, 15) is 8.42 Å². The summed E-state index contributed by atoms with van der Waals surface area (Å²) in [6.45, 7) is 8.66. The molecule has 7 nitrogen and oxygen atoms in total. The van der Waals surface area contributed by atoms with Crippen LogP contribution in [0.5, 0.6) is 0 Å². The predicted octanol–water partition coefficient (Wildman–Crippen LogP) is 1.16. The van der Waals surface area contributed by atoms with E-state index < -0.39 is 10.0 Å². The maximum absolute atomic E-state index is 12.3. The van der Waals surface area contributed by atoms with Gasteiger partial charge in [-0.05, 0) is 32.8 Å². The standard InChI is InChI=1S/C14H23N5O2S/c1-10(8-19-12(3)6-11(2)16-19)7-15-22(20,21)14-9-18(5)17-13(14)4/h6,9-10,15H,7-8H2,1-5H3/t10-/m1/s1. The first-order valence-corrected chi connectivity index (χ1v) is 8.68. The summed E-state index contributed by atoms with van der Waals surface area (Å²) in [5.74, 6) is 0.129. The highest BCUT2D eigenvalue weighted by atomic mass is 32.2. The zero-order valence-electron chi connectivity index (χ0n) is 13.7. The van der Waals surface area contributed by atoms with Gasteiger partial charge in [-0.3, -0.25) is 9.36 Å². The van der Waals surface area contributed by atoms with Crippen LogP contribution in [0.1, 0.15) is 24.0 Å². The van der Waals surface area contributed by atoms with Crippen LogP contribution in [0.2, 0.25) is 0 Å². The fraction of sp³-hybridized carbons (Fsp3) is 0.571. The topological polar surface area (TPSA) is 81.8 Å². The molecule has 8 heteroatoms. The fourth-order valence-corrected chi connectivity index (χ4v) is 3.77. The van der Waals surface area contributed by atoms with Gasteiger partial charge >= 0.3 is 0 Å². The number of sulfonamides is 1. The van der Waals surface area contributed by atoms with Crippen molar-refractivity contribution in [3.05, 3.63) is 29.3 Å². The molecule has 0 aliphatic heterocycles. The van der Waals surface area contributed by atoms with Crippen LogP contribution in [0.3, 0.4) is 0 Å². The molecule has 22 heavy (non-hydrogen) atoms. The normalized spacial score (nSPS) is 13.5. The lowest BCUT2D eigenvalue weighted by molar-refractivity contribution is 0.436. The Balaban J connectivity index is 2.00. The largest absolute Gasteiger partial charge is 0.274 e. The van der Waals surface area contributed by atoms with E-state index >= 15 is 0 Å². The molecule has 0 aliphatic carbocycles. The summed E-state index contributed by atoms with van der Waals surface area (Å²) in [7, 11) is -1.82. The van der Waals surface area contributed by atoms with Crippen LogP contribution >= 0.6 is 0 Å². The molecule has 0 saturated carbocycles. The minimum Gasteiger partial charge on any atom is -0.274 e. The molecular formula is C14H23N5O2S. The van der Waals surface area contributed by atoms with Gasteiger partial charge in [0.15, 0.2) is 0 Å². The van der Waals surface area contributed by atoms with Gasteiger partial charge in [0.2, 0.25) is 10.0 Å². The number of hydrogen-bond donors (Lipinski definition) is 1. The number of hydrogen-bond acceptors (Lipinski definition) is 4. The molecular weight excluding hydrogens is 302 g/mol. The Bertz CT molecular complexity index is 760. The number of rotatable bonds is 6. The van der Waals surface area contributed by atoms with Gasteiger partial charge in [0, 0.05) is 32.0 Å². The van der Waals surface area contributed by atoms with Crippen LogP contribution in [-0.2, 0) is 23.6 Å². The monoisotopic (exact) mass is 325 g/mol. The summed E-state index contributed by atoms with van der Waals surface area (Å²) >= 11 is 0. The Kier molecular flexibility index (Phi) is 4.72. The number of aryl methyl sites for hydroxylation is 4. The van der Waals surface area contributed by atoms with Gasteiger partial charge in [-0.15, -0.1) is 0 Å². The molecule has 0 spiro atoms. The lowest BCUT2D eigenvalue weighted by Gasteiger charge is -2.14. The molecule has 0 saturated heterocycles. The van der Waals surface area contributed by atoms with Crippen molar-refractivity contribution in [2.45, 2.75) is 39.1 Å². The number of aromatic nitrogens is 4. The van der Waals surface area contributed by atoms with E-state index in [1.54, 1.807) is 14.0 Å². The molecule has 2 heterocycles. The van der Waals surface area contributed by atoms with E-state index in [0.29, 0.717) is 18.8 Å². The van der Waals surface area contributed by atoms with Crippen LogP contribution in [0.15, 0.2) is 17.2 Å². The third-order valence-corrected chi connectivity index (χ3v) is 4.99. The SMILES string of the molecule is Cc1cc(C)n(C[C@H](C)CNS(=O)(=O)c2cn(C)nc2C)n1. The smallest absolute Gasteiger partial charge is 0.243 e. The summed E-state index contributed by atoms with van der Waals surface area (Å²) < 4.78 is 30.7. The molecule has 2 rings (SSSR count). The van der Waals surface area contributed by atoms with Gasteiger partial charge in [-0.1, -0.05) is 6.92 Å². The van der Waals surface area contributed by atoms with Crippen LogP contribution in [-0.4, -0.2) is 34.5 Å². The Morgan fingerprint density at radius 2 is 1.95 bits per heavy atom. The molecule has 122 valence electrons. The maximum atomic E-state index is 12.3. The second kappa shape index (κ2) is 6.21. The lowest BCUT2D eigenvalue weighted by Crippen LogP contribution is -2.30. The van der Waals surface area contributed by atoms with Crippen LogP contribution in [0.25, 0.3) is 0 Å². The second-order valence-electron chi connectivity index (χ2n) is 5.82. The molecule has 2 aromatic rings. The molecule has 0 bridgehead atoms. The Labute approximate surface area is 131 Å². The predicted molar refractivity (Wildman–Crippen MR) is 84.0 cm³/mol. The Hall–Kier alpha value is -1.67. The summed E-state index contributed by atoms with van der Waals surface area (Å²) in [6, 6.07) is 2.01. The van der Waals surface area contributed by atoms with Gasteiger partial charge in [0.05, 0.1) is 11.4 Å². The third kappa shape index (κ3) is 3.75. The fourth-order valence-electron chi connectivity index (χ4n) is 2.39. The van der Waals surface area contributed by atoms with Gasteiger partial charge in [-0.2, -0.15) is 10.2 Å². The molecule has 1 N–H and O–H groups in total. The van der Waals surface area contributed by atoms with Gasteiger partial charge in [0.25, 0.3) is 0 Å². The van der Waals surface area contributed by atoms with E-state index in [-0.39, 0.29) is 10.8 Å². The molecule has 0 unspecified atom stereocenters. The van der Waals surface area contributed by atoms with E-state index in [1.165, 1.54) is 10.9 Å². The molecule has 2 aromatic heterocycles. The summed E-state index contributed by atoms with van der Waals surface area (Å²) in [4.78, 5) is 0.230. The summed E-state index contributed by atoms with van der Waals surface area (Å²) in [6.07, 6.45) is 1.52. The molecule has 0 aliphatic rings. The van der Waals surface area contributed by atoms with E-state index in [1.807, 2.05) is 31.5 Å². The molecule has 1 atom stereocenters. The van der Waals surface area contributed by atoms with Crippen molar-refractivity contribution in [1.82, 2.24) is 24.3 Å². The van der Waals surface area contributed by atoms with Gasteiger partial charge in [-0.25, -0.2) is 13.1 Å². The third-order valence-electron chi connectivity index (χ3n) is 3.47. The molecule has 0 aromatic carbocycles. The highest BCUT2D eigenvalue weighted by Gasteiger charge is 2.20. The Morgan fingerprint density at radius 3 is 2.45 bits per heavy atom. The molecule has 0 fully saturated rings. The van der Waals surface area contributed by atoms with Crippen molar-refractivity contribution in [3.63, 3.8) is 0 Å². The van der Waals surface area contributed by atoms with Crippen molar-refractivity contribution < 1.29 is 8.42 Å². The quantitative estimate of drug-likeness (QED) is 0.864. The highest BCUT2D eigenvalue weighted by molar-refractivity contribution is 7.89. The average Bonchev–Trinajstić information content (AvgIpc) is 2.90. The summed E-state index contributed by atoms with van der Waals surface area (Å²) in [5.41, 5.74) is 2.55. The first-order valence-electron chi connectivity index (χ1n) is 7.20. The average molecular weight is 325 g/mol. The zero-order chi connectivity index (χ0) is 16.5. The van der Waals surface area contributed by atoms with Crippen molar-refractivity contribution >= 4 is 10.0 Å². The van der Waals surface area contributed by atoms with Crippen molar-refractivity contribution in [1.29, 1.82) is 0 Å². The van der Waals surface area contributed by atoms with Crippen LogP contribution in [0, 0.1) is 26.7 Å². The second-order valence-corrected chi connectivity index (χ2v) is 7.55. The Morgan fingerprint density at radius 1 is 1.27 bits per heavy atom. The van der Waals surface area contributed by atoms with E-state index in [2.05, 4.69) is 14.9 Å². The lowest BCUT2D eigenvalue weighted by atomic mass is 10.2. The molecule has 0 radical (unpaired) electrons. The van der Waals surface area contributed by atoms with Gasteiger partial charge in [0.1, 0.15) is 4.90 Å². The van der Waals surface area contributed by atoms with Crippen LogP contribution < -0.4 is 4.72 Å². The number of nitrogens with one attached hydrogen (secondary N) is 1. The first-order chi connectivity index (χ1) is 10.2. The van der Waals surface area contributed by atoms with Gasteiger partial charge < -0.3 is 0 Å². The van der Waals surface area contributed by atoms with Crippen molar-refractivity contribution in [2.24, 2.45) is 13.0 Å². The minimum absolute atomic E-state index is 0.129. The first kappa shape index (κ1) is 16.7. The van der Waals surface area contributed by atoms with Crippen molar-refractivity contribution in [3.8, 4) is 0 Å². The maximum Gasteiger partial charge on any atom is 0.243 e. The number of nitrogens with zero attached hydrogens (tertiary/aromatic N) is 4. The molecule has 0 amide bonds. The highest BCUT2D eigenvalue weighted by Crippen LogP contribution is 2.13. The van der Waals surface area contributed by atoms with Crippen LogP contribution in [0.4, 0.5) is 0 Å². The summed E-state index contributed by atoms with van der Waals surface area (Å²) in [5, 5.41) is 8.47. The minimum atomic E-state index is -3.53.